The zero-order chi connectivity index (χ0) is 30.7. The average molecular weight is 612 g/mol. The number of sulfonamides is 1. The largest absolute Gasteiger partial charge is 0.497 e. The summed E-state index contributed by atoms with van der Waals surface area (Å²) in [7, 11) is -0.555. The zero-order valence-corrected chi connectivity index (χ0v) is 25.5. The zero-order valence-electron chi connectivity index (χ0n) is 24.6. The molecule has 2 N–H and O–H groups in total. The fourth-order valence-corrected chi connectivity index (χ4v) is 6.29. The number of hydrogen-bond acceptors (Lipinski definition) is 9. The number of fused-ring (bicyclic) bond motifs is 2. The maximum Gasteiger partial charge on any atom is 0.262 e. The van der Waals surface area contributed by atoms with Gasteiger partial charge >= 0.3 is 0 Å². The van der Waals surface area contributed by atoms with Crippen LogP contribution in [0.3, 0.4) is 0 Å². The highest BCUT2D eigenvalue weighted by Gasteiger charge is 2.35. The number of para-hydroxylation sites is 1. The van der Waals surface area contributed by atoms with Gasteiger partial charge in [-0.25, -0.2) is 8.42 Å². The third kappa shape index (κ3) is 6.66. The van der Waals surface area contributed by atoms with E-state index in [1.807, 2.05) is 32.2 Å². The summed E-state index contributed by atoms with van der Waals surface area (Å²) in [6.45, 7) is 5.18. The summed E-state index contributed by atoms with van der Waals surface area (Å²) in [5, 5.41) is 9.96. The summed E-state index contributed by atoms with van der Waals surface area (Å²) < 4.78 is 52.1. The van der Waals surface area contributed by atoms with Crippen molar-refractivity contribution in [2.45, 2.75) is 37.4 Å². The molecule has 230 valence electrons. The van der Waals surface area contributed by atoms with Crippen LogP contribution in [0.15, 0.2) is 65.6 Å². The first-order chi connectivity index (χ1) is 20.6. The third-order valence-electron chi connectivity index (χ3n) is 7.69. The number of aliphatic hydroxyl groups excluding tert-OH is 1. The van der Waals surface area contributed by atoms with Crippen LogP contribution in [0.5, 0.6) is 23.0 Å². The first kappa shape index (κ1) is 30.5. The molecular formula is C31H37N3O8S. The predicted molar refractivity (Wildman–Crippen MR) is 160 cm³/mol. The van der Waals surface area contributed by atoms with Gasteiger partial charge in [0.1, 0.15) is 11.9 Å². The molecule has 2 aliphatic rings. The molecule has 1 amide bonds. The molecule has 0 spiro atoms. The maximum absolute atomic E-state index is 13.8. The van der Waals surface area contributed by atoms with Crippen molar-refractivity contribution in [3.8, 4) is 23.0 Å². The number of ether oxygens (including phenoxy) is 4. The molecule has 5 rings (SSSR count). The number of hydrogen-bond donors (Lipinski definition) is 2. The minimum atomic E-state index is -4.03. The number of anilines is 1. The Morgan fingerprint density at radius 1 is 1.12 bits per heavy atom. The van der Waals surface area contributed by atoms with Gasteiger partial charge in [-0.15, -0.1) is 0 Å². The summed E-state index contributed by atoms with van der Waals surface area (Å²) in [4.78, 5) is 17.5. The van der Waals surface area contributed by atoms with Gasteiger partial charge < -0.3 is 29.0 Å². The molecule has 0 fully saturated rings. The standard InChI is InChI=1S/C31H37N3O8S/c1-20-15-34(21(2)18-35)31(36)25-6-5-7-26(32-43(37,38)24-11-9-23(39-4)10-12-24)30(25)42-29(20)17-33(3)16-22-8-13-27-28(14-22)41-19-40-27/h5-14,20-21,29,32,35H,15-19H2,1-4H3/t20-,21+,29+/m0/s1. The lowest BCUT2D eigenvalue weighted by Crippen LogP contribution is -2.49. The maximum atomic E-state index is 13.8. The molecule has 0 aromatic heterocycles. The van der Waals surface area contributed by atoms with Crippen LogP contribution in [0, 0.1) is 5.92 Å². The van der Waals surface area contributed by atoms with Crippen LogP contribution in [0.25, 0.3) is 0 Å². The van der Waals surface area contributed by atoms with Crippen molar-refractivity contribution in [1.29, 1.82) is 0 Å². The Morgan fingerprint density at radius 3 is 2.58 bits per heavy atom. The first-order valence-corrected chi connectivity index (χ1v) is 15.5. The van der Waals surface area contributed by atoms with Gasteiger partial charge in [0.15, 0.2) is 17.2 Å². The molecular weight excluding hydrogens is 574 g/mol. The van der Waals surface area contributed by atoms with Crippen molar-refractivity contribution >= 4 is 21.6 Å². The predicted octanol–water partition coefficient (Wildman–Crippen LogP) is 3.58. The molecule has 0 saturated heterocycles. The van der Waals surface area contributed by atoms with Crippen LogP contribution in [-0.2, 0) is 16.6 Å². The first-order valence-electron chi connectivity index (χ1n) is 14.0. The van der Waals surface area contributed by atoms with Crippen molar-refractivity contribution in [3.63, 3.8) is 0 Å². The topological polar surface area (TPSA) is 127 Å². The Bertz CT molecular complexity index is 1560. The molecule has 0 radical (unpaired) electrons. The Balaban J connectivity index is 1.46. The number of methoxy groups -OCH3 is 1. The molecule has 0 unspecified atom stereocenters. The molecule has 0 aliphatic carbocycles. The van der Waals surface area contributed by atoms with Gasteiger partial charge in [-0.05, 0) is 68.1 Å². The molecule has 11 nitrogen and oxygen atoms in total. The van der Waals surface area contributed by atoms with Crippen LogP contribution >= 0.6 is 0 Å². The second-order valence-corrected chi connectivity index (χ2v) is 12.7. The van der Waals surface area contributed by atoms with Crippen LogP contribution in [0.4, 0.5) is 5.69 Å². The van der Waals surface area contributed by atoms with Gasteiger partial charge in [0.2, 0.25) is 6.79 Å². The second kappa shape index (κ2) is 12.7. The smallest absolute Gasteiger partial charge is 0.262 e. The molecule has 3 aromatic rings. The van der Waals surface area contributed by atoms with Gasteiger partial charge in [0.05, 0.1) is 35.9 Å². The SMILES string of the molecule is COc1ccc(S(=O)(=O)Nc2cccc3c2O[C@H](CN(C)Cc2ccc4c(c2)OCO4)[C@@H](C)CN([C@H](C)CO)C3=O)cc1. The highest BCUT2D eigenvalue weighted by Crippen LogP contribution is 2.37. The molecule has 43 heavy (non-hydrogen) atoms. The highest BCUT2D eigenvalue weighted by molar-refractivity contribution is 7.92. The molecule has 0 saturated carbocycles. The van der Waals surface area contributed by atoms with E-state index in [1.165, 1.54) is 19.2 Å². The summed E-state index contributed by atoms with van der Waals surface area (Å²) in [5.41, 5.74) is 1.39. The van der Waals surface area contributed by atoms with E-state index in [1.54, 1.807) is 42.2 Å². The second-order valence-electron chi connectivity index (χ2n) is 11.0. The van der Waals surface area contributed by atoms with E-state index in [-0.39, 0.29) is 47.1 Å². The van der Waals surface area contributed by atoms with E-state index < -0.39 is 22.2 Å². The number of amides is 1. The van der Waals surface area contributed by atoms with Gasteiger partial charge in [0.25, 0.3) is 15.9 Å². The summed E-state index contributed by atoms with van der Waals surface area (Å²) in [5.74, 6) is 1.59. The Morgan fingerprint density at radius 2 is 1.86 bits per heavy atom. The molecule has 3 aromatic carbocycles. The normalized spacial score (nSPS) is 18.8. The monoisotopic (exact) mass is 611 g/mol. The number of rotatable bonds is 10. The van der Waals surface area contributed by atoms with E-state index in [9.17, 15) is 18.3 Å². The van der Waals surface area contributed by atoms with Crippen LogP contribution in [0.1, 0.15) is 29.8 Å². The van der Waals surface area contributed by atoms with Crippen LogP contribution in [0.2, 0.25) is 0 Å². The Labute approximate surface area is 252 Å². The quantitative estimate of drug-likeness (QED) is 0.354. The lowest BCUT2D eigenvalue weighted by Gasteiger charge is -2.38. The lowest BCUT2D eigenvalue weighted by molar-refractivity contribution is 0.0344. The average Bonchev–Trinajstić information content (AvgIpc) is 3.47. The van der Waals surface area contributed by atoms with E-state index in [2.05, 4.69) is 9.62 Å². The lowest BCUT2D eigenvalue weighted by atomic mass is 9.99. The van der Waals surface area contributed by atoms with E-state index in [4.69, 9.17) is 18.9 Å². The van der Waals surface area contributed by atoms with Crippen molar-refractivity contribution < 1.29 is 37.3 Å². The summed E-state index contributed by atoms with van der Waals surface area (Å²) in [6.07, 6.45) is -0.425. The number of benzene rings is 3. The third-order valence-corrected chi connectivity index (χ3v) is 9.07. The Hall–Kier alpha value is -4.00. The minimum Gasteiger partial charge on any atom is -0.497 e. The summed E-state index contributed by atoms with van der Waals surface area (Å²) in [6, 6.07) is 16.2. The van der Waals surface area contributed by atoms with Gasteiger partial charge in [-0.1, -0.05) is 19.1 Å². The van der Waals surface area contributed by atoms with Crippen molar-refractivity contribution in [3.05, 3.63) is 71.8 Å². The highest BCUT2D eigenvalue weighted by atomic mass is 32.2. The number of likely N-dealkylation sites (N-methyl/N-ethyl adjacent to an activating group) is 1. The van der Waals surface area contributed by atoms with Gasteiger partial charge in [-0.2, -0.15) is 0 Å². The number of nitrogens with one attached hydrogen (secondary N) is 1. The fraction of sp³-hybridized carbons (Fsp3) is 0.387. The van der Waals surface area contributed by atoms with Crippen molar-refractivity contribution in [2.75, 3.05) is 45.4 Å². The summed E-state index contributed by atoms with van der Waals surface area (Å²) >= 11 is 0. The van der Waals surface area contributed by atoms with Crippen molar-refractivity contribution in [2.24, 2.45) is 5.92 Å². The van der Waals surface area contributed by atoms with E-state index >= 15 is 0 Å². The molecule has 2 heterocycles. The number of carbonyl (C=O) groups excluding carboxylic acids is 1. The van der Waals surface area contributed by atoms with E-state index in [0.29, 0.717) is 36.9 Å². The van der Waals surface area contributed by atoms with Gasteiger partial charge in [-0.3, -0.25) is 14.4 Å². The molecule has 0 bridgehead atoms. The minimum absolute atomic E-state index is 0.0342. The van der Waals surface area contributed by atoms with E-state index in [0.717, 1.165) is 5.56 Å². The van der Waals surface area contributed by atoms with Gasteiger partial charge in [0, 0.05) is 25.6 Å². The van der Waals surface area contributed by atoms with Crippen LogP contribution < -0.4 is 23.7 Å². The number of aliphatic hydroxyl groups is 1. The molecule has 12 heteroatoms. The molecule has 2 aliphatic heterocycles. The van der Waals surface area contributed by atoms with Crippen molar-refractivity contribution in [1.82, 2.24) is 9.80 Å². The molecule has 3 atom stereocenters. The number of carbonyl (C=O) groups is 1. The Kier molecular flexibility index (Phi) is 9.00. The fourth-order valence-electron chi connectivity index (χ4n) is 5.22. The number of nitrogens with zero attached hydrogens (tertiary/aromatic N) is 2. The van der Waals surface area contributed by atoms with Crippen LogP contribution in [-0.4, -0.2) is 82.0 Å².